The molecule has 5 atom stereocenters. The summed E-state index contributed by atoms with van der Waals surface area (Å²) >= 11 is 0. The largest absolute Gasteiger partial charge is 0.374 e. The van der Waals surface area contributed by atoms with E-state index < -0.39 is 0 Å². The lowest BCUT2D eigenvalue weighted by Crippen LogP contribution is -2.43. The molecule has 3 nitrogen and oxygen atoms in total. The molecule has 21 heavy (non-hydrogen) atoms. The molecule has 0 radical (unpaired) electrons. The average molecular weight is 284 g/mol. The van der Waals surface area contributed by atoms with E-state index in [9.17, 15) is 0 Å². The highest BCUT2D eigenvalue weighted by Crippen LogP contribution is 2.66. The number of hydrogen-bond acceptors (Lipinski definition) is 3. The predicted octanol–water partition coefficient (Wildman–Crippen LogP) is 2.66. The summed E-state index contributed by atoms with van der Waals surface area (Å²) in [6.07, 6.45) is 2.76. The molecule has 0 spiro atoms. The third-order valence-electron chi connectivity index (χ3n) is 5.84. The molecule has 2 saturated heterocycles. The monoisotopic (exact) mass is 284 g/mol. The Morgan fingerprint density at radius 3 is 2.62 bits per heavy atom. The van der Waals surface area contributed by atoms with Crippen LogP contribution in [0, 0.1) is 11.8 Å². The van der Waals surface area contributed by atoms with E-state index in [1.807, 2.05) is 7.11 Å². The zero-order valence-electron chi connectivity index (χ0n) is 12.2. The Kier molecular flexibility index (Phi) is 2.47. The van der Waals surface area contributed by atoms with Crippen LogP contribution in [0.25, 0.3) is 5.57 Å². The van der Waals surface area contributed by atoms with E-state index in [2.05, 4.69) is 30.3 Å². The summed E-state index contributed by atoms with van der Waals surface area (Å²) in [5.74, 6) is 1.08. The molecule has 1 aromatic carbocycles. The van der Waals surface area contributed by atoms with Crippen molar-refractivity contribution in [3.8, 4) is 0 Å². The van der Waals surface area contributed by atoms with E-state index in [-0.39, 0.29) is 17.8 Å². The van der Waals surface area contributed by atoms with Crippen LogP contribution in [-0.4, -0.2) is 38.1 Å². The Morgan fingerprint density at radius 2 is 1.90 bits per heavy atom. The standard InChI is InChI=1S/C18H20O3/c1-19-18(13-8-10-21-17(13)18)15-14(11-5-3-2-4-6-11)12-7-9-20-16(12)15/h2-6,12-13,16-17H,7-10H2,1H3/t12?,13-,16?,17+,18+/m1/s1. The molecule has 0 amide bonds. The van der Waals surface area contributed by atoms with Crippen molar-refractivity contribution < 1.29 is 14.2 Å². The summed E-state index contributed by atoms with van der Waals surface area (Å²) < 4.78 is 17.9. The van der Waals surface area contributed by atoms with Crippen molar-refractivity contribution in [3.05, 3.63) is 41.5 Å². The number of rotatable bonds is 3. The van der Waals surface area contributed by atoms with E-state index in [0.717, 1.165) is 26.1 Å². The normalized spacial score (nSPS) is 43.5. The molecule has 1 aromatic rings. The lowest BCUT2D eigenvalue weighted by Gasteiger charge is -2.42. The fourth-order valence-corrected chi connectivity index (χ4v) is 4.90. The summed E-state index contributed by atoms with van der Waals surface area (Å²) in [5.41, 5.74) is 3.99. The second-order valence-corrected chi connectivity index (χ2v) is 6.56. The Labute approximate surface area is 124 Å². The zero-order valence-corrected chi connectivity index (χ0v) is 12.2. The molecule has 0 N–H and O–H groups in total. The molecule has 2 aliphatic heterocycles. The first-order valence-corrected chi connectivity index (χ1v) is 7.96. The predicted molar refractivity (Wildman–Crippen MR) is 78.8 cm³/mol. The van der Waals surface area contributed by atoms with E-state index in [1.165, 1.54) is 16.7 Å². The van der Waals surface area contributed by atoms with E-state index >= 15 is 0 Å². The lowest BCUT2D eigenvalue weighted by atomic mass is 9.68. The topological polar surface area (TPSA) is 27.7 Å². The Hall–Kier alpha value is -1.16. The van der Waals surface area contributed by atoms with E-state index in [1.54, 1.807) is 0 Å². The molecular weight excluding hydrogens is 264 g/mol. The van der Waals surface area contributed by atoms with Gasteiger partial charge in [0.2, 0.25) is 0 Å². The van der Waals surface area contributed by atoms with Gasteiger partial charge in [0, 0.05) is 32.2 Å². The molecule has 2 unspecified atom stereocenters. The Bertz CT molecular complexity index is 596. The van der Waals surface area contributed by atoms with Crippen LogP contribution in [0.15, 0.2) is 35.9 Å². The molecular formula is C18H20O3. The molecule has 1 saturated carbocycles. The highest BCUT2D eigenvalue weighted by Gasteiger charge is 2.75. The Morgan fingerprint density at radius 1 is 1.10 bits per heavy atom. The van der Waals surface area contributed by atoms with Gasteiger partial charge in [-0.1, -0.05) is 30.3 Å². The molecule has 110 valence electrons. The fraction of sp³-hybridized carbons (Fsp3) is 0.556. The minimum Gasteiger partial charge on any atom is -0.374 e. The van der Waals surface area contributed by atoms with Crippen LogP contribution in [0.4, 0.5) is 0 Å². The number of methoxy groups -OCH3 is 1. The maximum Gasteiger partial charge on any atom is 0.124 e. The number of ether oxygens (including phenoxy) is 3. The van der Waals surface area contributed by atoms with E-state index in [4.69, 9.17) is 14.2 Å². The van der Waals surface area contributed by atoms with Gasteiger partial charge in [0.1, 0.15) is 5.60 Å². The molecule has 0 bridgehead atoms. The van der Waals surface area contributed by atoms with Crippen LogP contribution in [0.2, 0.25) is 0 Å². The van der Waals surface area contributed by atoms with Crippen molar-refractivity contribution >= 4 is 5.57 Å². The van der Waals surface area contributed by atoms with E-state index in [0.29, 0.717) is 11.8 Å². The second kappa shape index (κ2) is 4.19. The van der Waals surface area contributed by atoms with Gasteiger partial charge >= 0.3 is 0 Å². The number of hydrogen-bond donors (Lipinski definition) is 0. The SMILES string of the molecule is CO[C@]1(C2=C(c3ccccc3)C3CCOC23)[C@@H]2CCO[C@@H]21. The third-order valence-corrected chi connectivity index (χ3v) is 5.84. The van der Waals surface area contributed by atoms with Crippen LogP contribution >= 0.6 is 0 Å². The quantitative estimate of drug-likeness (QED) is 0.854. The van der Waals surface area contributed by atoms with Crippen LogP contribution < -0.4 is 0 Å². The molecule has 3 fully saturated rings. The van der Waals surface area contributed by atoms with Gasteiger partial charge in [0.05, 0.1) is 12.2 Å². The first-order chi connectivity index (χ1) is 10.4. The van der Waals surface area contributed by atoms with Gasteiger partial charge in [0.15, 0.2) is 0 Å². The van der Waals surface area contributed by atoms with Crippen molar-refractivity contribution in [2.75, 3.05) is 20.3 Å². The van der Waals surface area contributed by atoms with Gasteiger partial charge < -0.3 is 14.2 Å². The first-order valence-electron chi connectivity index (χ1n) is 7.96. The molecule has 5 rings (SSSR count). The Balaban J connectivity index is 1.64. The van der Waals surface area contributed by atoms with Gasteiger partial charge in [-0.15, -0.1) is 0 Å². The fourth-order valence-electron chi connectivity index (χ4n) is 4.90. The molecule has 3 heteroatoms. The van der Waals surface area contributed by atoms with Gasteiger partial charge in [0.25, 0.3) is 0 Å². The van der Waals surface area contributed by atoms with Crippen LogP contribution in [0.1, 0.15) is 18.4 Å². The average Bonchev–Trinajstić information content (AvgIpc) is 2.90. The molecule has 0 aromatic heterocycles. The van der Waals surface area contributed by atoms with Crippen molar-refractivity contribution in [1.29, 1.82) is 0 Å². The van der Waals surface area contributed by atoms with Gasteiger partial charge in [-0.3, -0.25) is 0 Å². The van der Waals surface area contributed by atoms with Crippen molar-refractivity contribution in [2.45, 2.75) is 30.7 Å². The number of fused-ring (bicyclic) bond motifs is 2. The minimum absolute atomic E-state index is 0.199. The highest BCUT2D eigenvalue weighted by atomic mass is 16.6. The first kappa shape index (κ1) is 12.4. The zero-order chi connectivity index (χ0) is 14.0. The summed E-state index contributed by atoms with van der Waals surface area (Å²) in [5, 5.41) is 0. The third kappa shape index (κ3) is 1.40. The number of benzene rings is 1. The van der Waals surface area contributed by atoms with Gasteiger partial charge in [-0.05, 0) is 29.6 Å². The molecule has 2 aliphatic carbocycles. The van der Waals surface area contributed by atoms with Crippen molar-refractivity contribution in [3.63, 3.8) is 0 Å². The molecule has 2 heterocycles. The van der Waals surface area contributed by atoms with Crippen LogP contribution in [0.3, 0.4) is 0 Å². The maximum atomic E-state index is 6.02. The van der Waals surface area contributed by atoms with Gasteiger partial charge in [-0.2, -0.15) is 0 Å². The lowest BCUT2D eigenvalue weighted by molar-refractivity contribution is -0.00952. The summed E-state index contributed by atoms with van der Waals surface area (Å²) in [7, 11) is 1.83. The maximum absolute atomic E-state index is 6.02. The summed E-state index contributed by atoms with van der Waals surface area (Å²) in [4.78, 5) is 0. The second-order valence-electron chi connectivity index (χ2n) is 6.56. The molecule has 4 aliphatic rings. The van der Waals surface area contributed by atoms with Gasteiger partial charge in [-0.25, -0.2) is 0 Å². The van der Waals surface area contributed by atoms with Crippen LogP contribution in [0.5, 0.6) is 0 Å². The van der Waals surface area contributed by atoms with Crippen LogP contribution in [-0.2, 0) is 14.2 Å². The van der Waals surface area contributed by atoms with Crippen molar-refractivity contribution in [2.24, 2.45) is 11.8 Å². The summed E-state index contributed by atoms with van der Waals surface area (Å²) in [6, 6.07) is 10.7. The van der Waals surface area contributed by atoms with Crippen molar-refractivity contribution in [1.82, 2.24) is 0 Å². The smallest absolute Gasteiger partial charge is 0.124 e. The minimum atomic E-state index is -0.199. The summed E-state index contributed by atoms with van der Waals surface area (Å²) in [6.45, 7) is 1.74. The highest BCUT2D eigenvalue weighted by molar-refractivity contribution is 5.82.